The molecule has 3 nitrogen and oxygen atoms in total. The average molecular weight is 185 g/mol. The highest BCUT2D eigenvalue weighted by Gasteiger charge is 2.07. The van der Waals surface area contributed by atoms with Gasteiger partial charge in [-0.3, -0.25) is 0 Å². The van der Waals surface area contributed by atoms with E-state index in [0.717, 1.165) is 19.4 Å². The van der Waals surface area contributed by atoms with Crippen LogP contribution in [-0.2, 0) is 9.63 Å². The molecule has 13 heavy (non-hydrogen) atoms. The first-order valence-electron chi connectivity index (χ1n) is 4.72. The van der Waals surface area contributed by atoms with Gasteiger partial charge in [0, 0.05) is 19.2 Å². The Balaban J connectivity index is 3.92. The zero-order valence-electron chi connectivity index (χ0n) is 8.96. The first kappa shape index (κ1) is 12.2. The second-order valence-electron chi connectivity index (χ2n) is 3.03. The van der Waals surface area contributed by atoms with Gasteiger partial charge in [0.25, 0.3) is 0 Å². The van der Waals surface area contributed by atoms with Crippen molar-refractivity contribution in [3.63, 3.8) is 0 Å². The number of hydrogen-bond donors (Lipinski definition) is 0. The van der Waals surface area contributed by atoms with Gasteiger partial charge < -0.3 is 4.84 Å². The van der Waals surface area contributed by atoms with Gasteiger partial charge >= 0.3 is 5.97 Å². The molecule has 0 aliphatic rings. The van der Waals surface area contributed by atoms with Gasteiger partial charge in [-0.25, -0.2) is 4.79 Å². The number of carbonyl (C=O) groups is 1. The smallest absolute Gasteiger partial charge is 0.352 e. The number of nitrogens with zero attached hydrogens (tertiary/aromatic N) is 1. The maximum Gasteiger partial charge on any atom is 0.352 e. The van der Waals surface area contributed by atoms with Crippen molar-refractivity contribution < 1.29 is 9.63 Å². The number of rotatable bonds is 5. The van der Waals surface area contributed by atoms with Gasteiger partial charge in [0.1, 0.15) is 0 Å². The van der Waals surface area contributed by atoms with E-state index in [2.05, 4.69) is 0 Å². The lowest BCUT2D eigenvalue weighted by atomic mass is 10.2. The summed E-state index contributed by atoms with van der Waals surface area (Å²) in [7, 11) is 1.76. The van der Waals surface area contributed by atoms with Crippen LogP contribution < -0.4 is 0 Å². The van der Waals surface area contributed by atoms with Crippen molar-refractivity contribution >= 4 is 5.97 Å². The molecule has 3 heteroatoms. The fourth-order valence-corrected chi connectivity index (χ4v) is 0.964. The summed E-state index contributed by atoms with van der Waals surface area (Å²) in [6, 6.07) is 0. The molecule has 0 aromatic heterocycles. The molecule has 0 saturated carbocycles. The summed E-state index contributed by atoms with van der Waals surface area (Å²) < 4.78 is 0. The van der Waals surface area contributed by atoms with Crippen LogP contribution in [-0.4, -0.2) is 24.6 Å². The number of hydroxylamine groups is 2. The van der Waals surface area contributed by atoms with Crippen molar-refractivity contribution in [2.45, 2.75) is 33.6 Å². The molecule has 0 aliphatic heterocycles. The molecule has 0 unspecified atom stereocenters. The molecule has 0 amide bonds. The molecule has 76 valence electrons. The van der Waals surface area contributed by atoms with E-state index in [-0.39, 0.29) is 5.97 Å². The summed E-state index contributed by atoms with van der Waals surface area (Å²) in [6.07, 6.45) is 3.70. The van der Waals surface area contributed by atoms with Crippen LogP contribution in [0.15, 0.2) is 11.6 Å². The number of carbonyl (C=O) groups excluding carboxylic acids is 1. The minimum Gasteiger partial charge on any atom is -0.364 e. The lowest BCUT2D eigenvalue weighted by Crippen LogP contribution is -2.24. The minimum atomic E-state index is -0.252. The Morgan fingerprint density at radius 2 is 2.08 bits per heavy atom. The molecular formula is C10H19NO2. The molecule has 0 fully saturated rings. The lowest BCUT2D eigenvalue weighted by Gasteiger charge is -2.14. The molecule has 0 aromatic rings. The molecule has 0 heterocycles. The minimum absolute atomic E-state index is 0.252. The molecule has 0 N–H and O–H groups in total. The Labute approximate surface area is 80.3 Å². The standard InChI is InChI=1S/C10H19NO2/c1-5-7-9(3)10(12)13-11(4)8-6-2/h7H,5-6,8H2,1-4H3. The monoisotopic (exact) mass is 185 g/mol. The zero-order chi connectivity index (χ0) is 10.3. The van der Waals surface area contributed by atoms with Crippen LogP contribution in [0.4, 0.5) is 0 Å². The van der Waals surface area contributed by atoms with Gasteiger partial charge in [0.05, 0.1) is 0 Å². The first-order valence-corrected chi connectivity index (χ1v) is 4.72. The van der Waals surface area contributed by atoms with Crippen LogP contribution in [0.5, 0.6) is 0 Å². The van der Waals surface area contributed by atoms with Crippen molar-refractivity contribution in [2.24, 2.45) is 0 Å². The highest BCUT2D eigenvalue weighted by molar-refractivity contribution is 5.87. The van der Waals surface area contributed by atoms with Gasteiger partial charge in [-0.1, -0.05) is 19.9 Å². The van der Waals surface area contributed by atoms with E-state index in [0.29, 0.717) is 5.57 Å². The largest absolute Gasteiger partial charge is 0.364 e. The van der Waals surface area contributed by atoms with Crippen molar-refractivity contribution in [2.75, 3.05) is 13.6 Å². The molecule has 0 aliphatic carbocycles. The van der Waals surface area contributed by atoms with Crippen LogP contribution in [0, 0.1) is 0 Å². The Kier molecular flexibility index (Phi) is 6.24. The van der Waals surface area contributed by atoms with Crippen LogP contribution in [0.2, 0.25) is 0 Å². The molecule has 0 bridgehead atoms. The van der Waals surface area contributed by atoms with Gasteiger partial charge in [-0.05, 0) is 19.8 Å². The molecule has 0 spiro atoms. The second kappa shape index (κ2) is 6.66. The third kappa shape index (κ3) is 5.42. The van der Waals surface area contributed by atoms with Crippen LogP contribution in [0.1, 0.15) is 33.6 Å². The predicted molar refractivity (Wildman–Crippen MR) is 53.1 cm³/mol. The van der Waals surface area contributed by atoms with Crippen molar-refractivity contribution in [3.8, 4) is 0 Å². The third-order valence-electron chi connectivity index (χ3n) is 1.61. The molecule has 0 rings (SSSR count). The van der Waals surface area contributed by atoms with Crippen molar-refractivity contribution in [1.29, 1.82) is 0 Å². The van der Waals surface area contributed by atoms with E-state index in [1.54, 1.807) is 19.0 Å². The third-order valence-corrected chi connectivity index (χ3v) is 1.61. The van der Waals surface area contributed by atoms with E-state index in [1.807, 2.05) is 19.9 Å². The van der Waals surface area contributed by atoms with Crippen LogP contribution >= 0.6 is 0 Å². The average Bonchev–Trinajstić information content (AvgIpc) is 2.05. The maximum absolute atomic E-state index is 11.3. The van der Waals surface area contributed by atoms with Crippen LogP contribution in [0.3, 0.4) is 0 Å². The first-order chi connectivity index (χ1) is 6.11. The molecule has 0 atom stereocenters. The lowest BCUT2D eigenvalue weighted by molar-refractivity contribution is -0.178. The fourth-order valence-electron chi connectivity index (χ4n) is 0.964. The Morgan fingerprint density at radius 3 is 2.54 bits per heavy atom. The summed E-state index contributed by atoms with van der Waals surface area (Å²) in [5.74, 6) is -0.252. The van der Waals surface area contributed by atoms with Crippen molar-refractivity contribution in [1.82, 2.24) is 5.06 Å². The molecular weight excluding hydrogens is 166 g/mol. The Morgan fingerprint density at radius 1 is 1.46 bits per heavy atom. The summed E-state index contributed by atoms with van der Waals surface area (Å²) >= 11 is 0. The Hall–Kier alpha value is -0.830. The second-order valence-corrected chi connectivity index (χ2v) is 3.03. The van der Waals surface area contributed by atoms with Gasteiger partial charge in [-0.2, -0.15) is 0 Å². The van der Waals surface area contributed by atoms with E-state index < -0.39 is 0 Å². The molecule has 0 radical (unpaired) electrons. The van der Waals surface area contributed by atoms with Gasteiger partial charge in [0.2, 0.25) is 0 Å². The number of allylic oxidation sites excluding steroid dienone is 1. The highest BCUT2D eigenvalue weighted by atomic mass is 16.7. The summed E-state index contributed by atoms with van der Waals surface area (Å²) in [6.45, 7) is 6.57. The normalized spacial score (nSPS) is 11.9. The Bertz CT molecular complexity index is 187. The van der Waals surface area contributed by atoms with Crippen molar-refractivity contribution in [3.05, 3.63) is 11.6 Å². The highest BCUT2D eigenvalue weighted by Crippen LogP contribution is 2.00. The van der Waals surface area contributed by atoms with Gasteiger partial charge in [-0.15, -0.1) is 5.06 Å². The van der Waals surface area contributed by atoms with E-state index in [1.165, 1.54) is 0 Å². The summed E-state index contributed by atoms with van der Waals surface area (Å²) in [5.41, 5.74) is 0.672. The predicted octanol–water partition coefficient (Wildman–Crippen LogP) is 2.14. The molecule has 0 aromatic carbocycles. The number of hydrogen-bond acceptors (Lipinski definition) is 3. The quantitative estimate of drug-likeness (QED) is 0.485. The van der Waals surface area contributed by atoms with E-state index in [4.69, 9.17) is 4.84 Å². The fraction of sp³-hybridized carbons (Fsp3) is 0.700. The summed E-state index contributed by atoms with van der Waals surface area (Å²) in [5, 5.41) is 1.56. The topological polar surface area (TPSA) is 29.5 Å². The molecule has 0 saturated heterocycles. The SMILES string of the molecule is CCC=C(C)C(=O)ON(C)CCC. The van der Waals surface area contributed by atoms with Gasteiger partial charge in [0.15, 0.2) is 0 Å². The zero-order valence-corrected chi connectivity index (χ0v) is 8.96. The summed E-state index contributed by atoms with van der Waals surface area (Å²) in [4.78, 5) is 16.3. The van der Waals surface area contributed by atoms with E-state index in [9.17, 15) is 4.79 Å². The van der Waals surface area contributed by atoms with E-state index >= 15 is 0 Å². The maximum atomic E-state index is 11.3. The van der Waals surface area contributed by atoms with Crippen LogP contribution in [0.25, 0.3) is 0 Å².